The van der Waals surface area contributed by atoms with E-state index in [0.717, 1.165) is 12.8 Å². The molecular weight excluding hydrogens is 180 g/mol. The number of rotatable bonds is 4. The standard InChI is InChI=1S/C11H14O3/c1-14-11(13)8-10(12)7-6-9-4-2-3-5-9/h2-3,6-7,9H,4-5,8H2,1H3. The smallest absolute Gasteiger partial charge is 0.313 e. The molecule has 1 aliphatic carbocycles. The summed E-state index contributed by atoms with van der Waals surface area (Å²) in [7, 11) is 1.28. The summed E-state index contributed by atoms with van der Waals surface area (Å²) in [5.41, 5.74) is 0. The second-order valence-electron chi connectivity index (χ2n) is 3.28. The minimum absolute atomic E-state index is 0.160. The highest BCUT2D eigenvalue weighted by Crippen LogP contribution is 2.18. The van der Waals surface area contributed by atoms with Crippen LogP contribution in [0.5, 0.6) is 0 Å². The predicted molar refractivity (Wildman–Crippen MR) is 52.6 cm³/mol. The van der Waals surface area contributed by atoms with Gasteiger partial charge in [0.05, 0.1) is 7.11 Å². The topological polar surface area (TPSA) is 43.4 Å². The number of ketones is 1. The molecule has 0 amide bonds. The first kappa shape index (κ1) is 10.7. The Morgan fingerprint density at radius 2 is 2.07 bits per heavy atom. The monoisotopic (exact) mass is 194 g/mol. The Morgan fingerprint density at radius 3 is 2.64 bits per heavy atom. The van der Waals surface area contributed by atoms with Gasteiger partial charge >= 0.3 is 5.97 Å². The highest BCUT2D eigenvalue weighted by atomic mass is 16.5. The van der Waals surface area contributed by atoms with Gasteiger partial charge in [0, 0.05) is 0 Å². The van der Waals surface area contributed by atoms with Crippen LogP contribution < -0.4 is 0 Å². The molecule has 0 heterocycles. The highest BCUT2D eigenvalue weighted by molar-refractivity contribution is 6.01. The van der Waals surface area contributed by atoms with Gasteiger partial charge in [-0.2, -0.15) is 0 Å². The zero-order valence-electron chi connectivity index (χ0n) is 8.23. The van der Waals surface area contributed by atoms with E-state index in [1.807, 2.05) is 6.08 Å². The maximum Gasteiger partial charge on any atom is 0.313 e. The van der Waals surface area contributed by atoms with Crippen molar-refractivity contribution in [2.75, 3.05) is 7.11 Å². The van der Waals surface area contributed by atoms with Crippen LogP contribution in [0.25, 0.3) is 0 Å². The van der Waals surface area contributed by atoms with Gasteiger partial charge in [-0.15, -0.1) is 0 Å². The van der Waals surface area contributed by atoms with Gasteiger partial charge in [0.15, 0.2) is 5.78 Å². The van der Waals surface area contributed by atoms with Crippen molar-refractivity contribution in [3.63, 3.8) is 0 Å². The van der Waals surface area contributed by atoms with Gasteiger partial charge in [-0.1, -0.05) is 18.2 Å². The minimum Gasteiger partial charge on any atom is -0.469 e. The normalized spacial score (nSPS) is 16.4. The predicted octanol–water partition coefficient (Wildman–Crippen LogP) is 1.64. The third-order valence-corrected chi connectivity index (χ3v) is 2.14. The lowest BCUT2D eigenvalue weighted by molar-refractivity contribution is -0.142. The molecule has 0 fully saturated rings. The number of hydrogen-bond donors (Lipinski definition) is 0. The van der Waals surface area contributed by atoms with Gasteiger partial charge in [-0.05, 0) is 24.8 Å². The lowest BCUT2D eigenvalue weighted by Crippen LogP contribution is -2.07. The number of allylic oxidation sites excluding steroid dienone is 4. The fourth-order valence-corrected chi connectivity index (χ4v) is 1.31. The Bertz CT molecular complexity index is 268. The molecule has 0 saturated heterocycles. The van der Waals surface area contributed by atoms with Crippen molar-refractivity contribution in [2.45, 2.75) is 19.3 Å². The van der Waals surface area contributed by atoms with Crippen LogP contribution in [0.1, 0.15) is 19.3 Å². The number of ether oxygens (including phenoxy) is 1. The molecular formula is C11H14O3. The summed E-state index contributed by atoms with van der Waals surface area (Å²) < 4.78 is 4.39. The van der Waals surface area contributed by atoms with Crippen molar-refractivity contribution in [3.8, 4) is 0 Å². The van der Waals surface area contributed by atoms with Gasteiger partial charge in [-0.25, -0.2) is 0 Å². The molecule has 0 spiro atoms. The van der Waals surface area contributed by atoms with E-state index >= 15 is 0 Å². The average Bonchev–Trinajstić information content (AvgIpc) is 2.67. The van der Waals surface area contributed by atoms with Crippen LogP contribution in [-0.4, -0.2) is 18.9 Å². The molecule has 14 heavy (non-hydrogen) atoms. The number of hydrogen-bond acceptors (Lipinski definition) is 3. The van der Waals surface area contributed by atoms with E-state index in [2.05, 4.69) is 16.9 Å². The van der Waals surface area contributed by atoms with E-state index in [9.17, 15) is 9.59 Å². The molecule has 3 nitrogen and oxygen atoms in total. The fraction of sp³-hybridized carbons (Fsp3) is 0.455. The van der Waals surface area contributed by atoms with E-state index in [0.29, 0.717) is 5.92 Å². The van der Waals surface area contributed by atoms with Crippen LogP contribution in [-0.2, 0) is 14.3 Å². The van der Waals surface area contributed by atoms with Gasteiger partial charge in [0.25, 0.3) is 0 Å². The molecule has 0 aromatic carbocycles. The zero-order valence-corrected chi connectivity index (χ0v) is 8.23. The third-order valence-electron chi connectivity index (χ3n) is 2.14. The van der Waals surface area contributed by atoms with E-state index in [4.69, 9.17) is 0 Å². The molecule has 0 N–H and O–H groups in total. The van der Waals surface area contributed by atoms with Crippen molar-refractivity contribution in [1.29, 1.82) is 0 Å². The third kappa shape index (κ3) is 3.56. The summed E-state index contributed by atoms with van der Waals surface area (Å²) in [6.45, 7) is 0. The number of carbonyl (C=O) groups is 2. The van der Waals surface area contributed by atoms with Crippen LogP contribution in [0.3, 0.4) is 0 Å². The maximum absolute atomic E-state index is 11.2. The Kier molecular flexibility index (Phi) is 4.11. The largest absolute Gasteiger partial charge is 0.469 e. The lowest BCUT2D eigenvalue weighted by Gasteiger charge is -1.99. The lowest BCUT2D eigenvalue weighted by atomic mass is 10.1. The molecule has 0 bridgehead atoms. The molecule has 0 aliphatic heterocycles. The first-order valence-corrected chi connectivity index (χ1v) is 4.65. The minimum atomic E-state index is -0.482. The molecule has 0 aromatic rings. The molecule has 1 aliphatic rings. The first-order valence-electron chi connectivity index (χ1n) is 4.65. The van der Waals surface area contributed by atoms with Crippen molar-refractivity contribution < 1.29 is 14.3 Å². The SMILES string of the molecule is COC(=O)CC(=O)C=CC1CC=CC1. The Hall–Kier alpha value is -1.38. The van der Waals surface area contributed by atoms with Crippen LogP contribution in [0.4, 0.5) is 0 Å². The average molecular weight is 194 g/mol. The fourth-order valence-electron chi connectivity index (χ4n) is 1.31. The van der Waals surface area contributed by atoms with Gasteiger partial charge < -0.3 is 4.74 Å². The molecule has 0 radical (unpaired) electrons. The summed E-state index contributed by atoms with van der Waals surface area (Å²) >= 11 is 0. The maximum atomic E-state index is 11.2. The highest BCUT2D eigenvalue weighted by Gasteiger charge is 2.09. The van der Waals surface area contributed by atoms with Gasteiger partial charge in [-0.3, -0.25) is 9.59 Å². The Morgan fingerprint density at radius 1 is 1.43 bits per heavy atom. The summed E-state index contributed by atoms with van der Waals surface area (Å²) in [4.78, 5) is 21.9. The van der Waals surface area contributed by atoms with Crippen molar-refractivity contribution in [1.82, 2.24) is 0 Å². The Labute approximate surface area is 83.4 Å². The van der Waals surface area contributed by atoms with Crippen molar-refractivity contribution in [2.24, 2.45) is 5.92 Å². The van der Waals surface area contributed by atoms with E-state index in [1.54, 1.807) is 0 Å². The van der Waals surface area contributed by atoms with Crippen molar-refractivity contribution in [3.05, 3.63) is 24.3 Å². The van der Waals surface area contributed by atoms with Crippen molar-refractivity contribution >= 4 is 11.8 Å². The number of carbonyl (C=O) groups excluding carboxylic acids is 2. The Balaban J connectivity index is 2.29. The van der Waals surface area contributed by atoms with E-state index in [-0.39, 0.29) is 12.2 Å². The summed E-state index contributed by atoms with van der Waals surface area (Å²) in [6, 6.07) is 0. The van der Waals surface area contributed by atoms with Crippen LogP contribution >= 0.6 is 0 Å². The molecule has 0 atom stereocenters. The molecule has 0 aromatic heterocycles. The van der Waals surface area contributed by atoms with Crippen LogP contribution in [0, 0.1) is 5.92 Å². The molecule has 0 unspecified atom stereocenters. The summed E-state index contributed by atoms with van der Waals surface area (Å²) in [5.74, 6) is -0.246. The first-order chi connectivity index (χ1) is 6.72. The van der Waals surface area contributed by atoms with E-state index < -0.39 is 5.97 Å². The molecule has 76 valence electrons. The van der Waals surface area contributed by atoms with Crippen LogP contribution in [0.2, 0.25) is 0 Å². The summed E-state index contributed by atoms with van der Waals surface area (Å²) in [6.07, 6.45) is 9.36. The number of esters is 1. The molecule has 0 saturated carbocycles. The molecule has 3 heteroatoms. The second-order valence-corrected chi connectivity index (χ2v) is 3.28. The quantitative estimate of drug-likeness (QED) is 0.296. The van der Waals surface area contributed by atoms with Gasteiger partial charge in [0.1, 0.15) is 6.42 Å². The van der Waals surface area contributed by atoms with Gasteiger partial charge in [0.2, 0.25) is 0 Å². The zero-order chi connectivity index (χ0) is 10.4. The summed E-state index contributed by atoms with van der Waals surface area (Å²) in [5, 5.41) is 0. The molecule has 1 rings (SSSR count). The second kappa shape index (κ2) is 5.37. The van der Waals surface area contributed by atoms with Crippen LogP contribution in [0.15, 0.2) is 24.3 Å². The number of methoxy groups -OCH3 is 1. The van der Waals surface area contributed by atoms with E-state index in [1.165, 1.54) is 13.2 Å².